The van der Waals surface area contributed by atoms with Crippen LogP contribution in [0.25, 0.3) is 0 Å². The van der Waals surface area contributed by atoms with E-state index in [9.17, 15) is 9.59 Å². The third kappa shape index (κ3) is 5.67. The first kappa shape index (κ1) is 15.9. The highest BCUT2D eigenvalue weighted by Crippen LogP contribution is 2.13. The van der Waals surface area contributed by atoms with Crippen LogP contribution in [0.3, 0.4) is 0 Å². The van der Waals surface area contributed by atoms with E-state index in [-0.39, 0.29) is 11.8 Å². The number of carbonyl (C=O) groups is 2. The molecule has 2 amide bonds. The zero-order valence-electron chi connectivity index (χ0n) is 12.0. The van der Waals surface area contributed by atoms with Gasteiger partial charge in [-0.1, -0.05) is 13.0 Å². The molecular weight excluding hydrogens is 254 g/mol. The van der Waals surface area contributed by atoms with Crippen molar-refractivity contribution in [3.63, 3.8) is 0 Å². The number of anilines is 2. The lowest BCUT2D eigenvalue weighted by Gasteiger charge is -2.17. The Kier molecular flexibility index (Phi) is 6.46. The molecule has 5 nitrogen and oxygen atoms in total. The highest BCUT2D eigenvalue weighted by molar-refractivity contribution is 5.93. The van der Waals surface area contributed by atoms with Crippen molar-refractivity contribution in [3.05, 3.63) is 36.9 Å². The van der Waals surface area contributed by atoms with Gasteiger partial charge in [0.2, 0.25) is 11.8 Å². The maximum atomic E-state index is 11.9. The molecule has 1 aromatic rings. The zero-order chi connectivity index (χ0) is 15.0. The van der Waals surface area contributed by atoms with Crippen LogP contribution in [0, 0.1) is 0 Å². The van der Waals surface area contributed by atoms with Crippen LogP contribution in [0.1, 0.15) is 13.8 Å². The Morgan fingerprint density at radius 1 is 1.20 bits per heavy atom. The van der Waals surface area contributed by atoms with Gasteiger partial charge < -0.3 is 10.6 Å². The van der Waals surface area contributed by atoms with E-state index >= 15 is 0 Å². The number of nitrogens with zero attached hydrogens (tertiary/aromatic N) is 1. The third-order valence-electron chi connectivity index (χ3n) is 2.69. The minimum absolute atomic E-state index is 0.0685. The molecule has 0 saturated heterocycles. The molecule has 0 aliphatic heterocycles. The van der Waals surface area contributed by atoms with E-state index in [2.05, 4.69) is 17.2 Å². The molecular formula is C15H21N3O2. The second-order valence-electron chi connectivity index (χ2n) is 4.42. The van der Waals surface area contributed by atoms with Gasteiger partial charge in [-0.15, -0.1) is 6.58 Å². The quantitative estimate of drug-likeness (QED) is 0.749. The topological polar surface area (TPSA) is 61.4 Å². The average molecular weight is 275 g/mol. The Morgan fingerprint density at radius 3 is 2.20 bits per heavy atom. The van der Waals surface area contributed by atoms with E-state index in [1.54, 1.807) is 30.3 Å². The normalized spacial score (nSPS) is 10.2. The summed E-state index contributed by atoms with van der Waals surface area (Å²) in [7, 11) is 0. The van der Waals surface area contributed by atoms with E-state index in [1.807, 2.05) is 11.8 Å². The number of nitrogens with one attached hydrogen (secondary N) is 2. The number of benzene rings is 1. The number of amides is 2. The standard InChI is InChI=1S/C15H21N3O2/c1-4-10-18(5-2)11-15(20)17-14-8-6-13(7-9-14)16-12(3)19/h4,6-9H,1,5,10-11H2,2-3H3,(H,16,19)(H,17,20). The van der Waals surface area contributed by atoms with Gasteiger partial charge in [0.1, 0.15) is 0 Å². The van der Waals surface area contributed by atoms with Crippen LogP contribution < -0.4 is 10.6 Å². The van der Waals surface area contributed by atoms with Gasteiger partial charge in [0, 0.05) is 24.8 Å². The van der Waals surface area contributed by atoms with Crippen molar-refractivity contribution in [2.75, 3.05) is 30.3 Å². The minimum Gasteiger partial charge on any atom is -0.326 e. The van der Waals surface area contributed by atoms with Crippen LogP contribution in [-0.2, 0) is 9.59 Å². The summed E-state index contributed by atoms with van der Waals surface area (Å²) in [6.45, 7) is 8.92. The summed E-state index contributed by atoms with van der Waals surface area (Å²) in [4.78, 5) is 24.7. The molecule has 0 atom stereocenters. The van der Waals surface area contributed by atoms with Gasteiger partial charge in [-0.3, -0.25) is 14.5 Å². The predicted molar refractivity (Wildman–Crippen MR) is 81.7 cm³/mol. The largest absolute Gasteiger partial charge is 0.326 e. The Morgan fingerprint density at radius 2 is 1.75 bits per heavy atom. The van der Waals surface area contributed by atoms with Crippen LogP contribution in [0.15, 0.2) is 36.9 Å². The van der Waals surface area contributed by atoms with Crippen LogP contribution in [0.2, 0.25) is 0 Å². The van der Waals surface area contributed by atoms with Gasteiger partial charge in [-0.2, -0.15) is 0 Å². The van der Waals surface area contributed by atoms with Gasteiger partial charge in [0.05, 0.1) is 6.54 Å². The van der Waals surface area contributed by atoms with Gasteiger partial charge in [0.25, 0.3) is 0 Å². The maximum absolute atomic E-state index is 11.9. The lowest BCUT2D eigenvalue weighted by molar-refractivity contribution is -0.117. The Hall–Kier alpha value is -2.14. The molecule has 2 N–H and O–H groups in total. The fraction of sp³-hybridized carbons (Fsp3) is 0.333. The molecule has 0 radical (unpaired) electrons. The monoisotopic (exact) mass is 275 g/mol. The number of carbonyl (C=O) groups excluding carboxylic acids is 2. The van der Waals surface area contributed by atoms with E-state index in [0.717, 1.165) is 6.54 Å². The summed E-state index contributed by atoms with van der Waals surface area (Å²) >= 11 is 0. The van der Waals surface area contributed by atoms with Crippen LogP contribution in [0.5, 0.6) is 0 Å². The molecule has 0 fully saturated rings. The number of rotatable bonds is 7. The molecule has 108 valence electrons. The Labute approximate surface area is 119 Å². The van der Waals surface area contributed by atoms with Crippen molar-refractivity contribution < 1.29 is 9.59 Å². The first-order valence-electron chi connectivity index (χ1n) is 6.56. The van der Waals surface area contributed by atoms with Gasteiger partial charge in [0.15, 0.2) is 0 Å². The van der Waals surface area contributed by atoms with Gasteiger partial charge in [-0.25, -0.2) is 0 Å². The van der Waals surface area contributed by atoms with Crippen LogP contribution in [-0.4, -0.2) is 36.3 Å². The van der Waals surface area contributed by atoms with Gasteiger partial charge >= 0.3 is 0 Å². The number of hydrogen-bond donors (Lipinski definition) is 2. The molecule has 0 aliphatic rings. The second kappa shape index (κ2) is 8.12. The fourth-order valence-electron chi connectivity index (χ4n) is 1.73. The molecule has 0 saturated carbocycles. The first-order valence-corrected chi connectivity index (χ1v) is 6.56. The van der Waals surface area contributed by atoms with Crippen LogP contribution in [0.4, 0.5) is 11.4 Å². The van der Waals surface area contributed by atoms with Crippen molar-refractivity contribution in [1.29, 1.82) is 0 Å². The van der Waals surface area contributed by atoms with Crippen molar-refractivity contribution in [2.24, 2.45) is 0 Å². The van der Waals surface area contributed by atoms with Crippen molar-refractivity contribution in [2.45, 2.75) is 13.8 Å². The van der Waals surface area contributed by atoms with E-state index < -0.39 is 0 Å². The smallest absolute Gasteiger partial charge is 0.238 e. The molecule has 0 unspecified atom stereocenters. The van der Waals surface area contributed by atoms with Crippen molar-refractivity contribution in [1.82, 2.24) is 4.90 Å². The number of likely N-dealkylation sites (N-methyl/N-ethyl adjacent to an activating group) is 1. The third-order valence-corrected chi connectivity index (χ3v) is 2.69. The summed E-state index contributed by atoms with van der Waals surface area (Å²) in [6.07, 6.45) is 1.78. The maximum Gasteiger partial charge on any atom is 0.238 e. The van der Waals surface area contributed by atoms with Crippen LogP contribution >= 0.6 is 0 Å². The summed E-state index contributed by atoms with van der Waals surface area (Å²) in [5, 5.41) is 5.49. The first-order chi connectivity index (χ1) is 9.55. The molecule has 0 spiro atoms. The van der Waals surface area contributed by atoms with E-state index in [1.165, 1.54) is 6.92 Å². The zero-order valence-corrected chi connectivity index (χ0v) is 12.0. The van der Waals surface area contributed by atoms with Gasteiger partial charge in [-0.05, 0) is 30.8 Å². The fourth-order valence-corrected chi connectivity index (χ4v) is 1.73. The Bertz CT molecular complexity index is 469. The molecule has 20 heavy (non-hydrogen) atoms. The Balaban J connectivity index is 2.53. The second-order valence-corrected chi connectivity index (χ2v) is 4.42. The van der Waals surface area contributed by atoms with E-state index in [4.69, 9.17) is 0 Å². The molecule has 1 aromatic carbocycles. The molecule has 5 heteroatoms. The number of hydrogen-bond acceptors (Lipinski definition) is 3. The summed E-state index contributed by atoms with van der Waals surface area (Å²) in [6, 6.07) is 7.01. The SMILES string of the molecule is C=CCN(CC)CC(=O)Nc1ccc(NC(C)=O)cc1. The van der Waals surface area contributed by atoms with E-state index in [0.29, 0.717) is 24.5 Å². The lowest BCUT2D eigenvalue weighted by atomic mass is 10.2. The predicted octanol–water partition coefficient (Wildman–Crippen LogP) is 2.09. The summed E-state index contributed by atoms with van der Waals surface area (Å²) in [5.74, 6) is -0.189. The lowest BCUT2D eigenvalue weighted by Crippen LogP contribution is -2.33. The van der Waals surface area contributed by atoms with Crippen molar-refractivity contribution in [3.8, 4) is 0 Å². The summed E-state index contributed by atoms with van der Waals surface area (Å²) in [5.41, 5.74) is 1.41. The molecule has 0 heterocycles. The molecule has 0 bridgehead atoms. The average Bonchev–Trinajstić information content (AvgIpc) is 2.40. The highest BCUT2D eigenvalue weighted by atomic mass is 16.2. The molecule has 0 aliphatic carbocycles. The molecule has 1 rings (SSSR count). The molecule has 0 aromatic heterocycles. The summed E-state index contributed by atoms with van der Waals surface area (Å²) < 4.78 is 0. The van der Waals surface area contributed by atoms with Crippen molar-refractivity contribution >= 4 is 23.2 Å². The highest BCUT2D eigenvalue weighted by Gasteiger charge is 2.07. The minimum atomic E-state index is -0.121.